The van der Waals surface area contributed by atoms with Crippen molar-refractivity contribution < 1.29 is 4.39 Å². The van der Waals surface area contributed by atoms with Gasteiger partial charge in [-0.25, -0.2) is 4.39 Å². The van der Waals surface area contributed by atoms with Crippen LogP contribution in [0.1, 0.15) is 29.7 Å². The number of fused-ring (bicyclic) bond motifs is 3. The Kier molecular flexibility index (Phi) is 4.36. The van der Waals surface area contributed by atoms with Crippen LogP contribution in [0.15, 0.2) is 34.8 Å². The van der Waals surface area contributed by atoms with Gasteiger partial charge in [0.1, 0.15) is 5.82 Å². The van der Waals surface area contributed by atoms with Crippen LogP contribution in [0.2, 0.25) is 10.0 Å². The van der Waals surface area contributed by atoms with Crippen LogP contribution in [-0.2, 0) is 19.4 Å². The van der Waals surface area contributed by atoms with E-state index in [1.165, 1.54) is 17.3 Å². The first-order valence-corrected chi connectivity index (χ1v) is 9.52. The third kappa shape index (κ3) is 2.77. The highest BCUT2D eigenvalue weighted by molar-refractivity contribution is 9.10. The molecule has 0 amide bonds. The minimum Gasteiger partial charge on any atom is -0.339 e. The van der Waals surface area contributed by atoms with E-state index in [2.05, 4.69) is 20.5 Å². The fourth-order valence-electron chi connectivity index (χ4n) is 3.68. The summed E-state index contributed by atoms with van der Waals surface area (Å²) in [5, 5.41) is 2.31. The van der Waals surface area contributed by atoms with Crippen molar-refractivity contribution in [1.82, 2.24) is 4.57 Å². The fraction of sp³-hybridized carbons (Fsp3) is 0.263. The molecule has 3 aromatic rings. The maximum atomic E-state index is 13.9. The van der Waals surface area contributed by atoms with E-state index in [0.717, 1.165) is 46.6 Å². The zero-order chi connectivity index (χ0) is 16.8. The number of hydrogen-bond acceptors (Lipinski definition) is 0. The van der Waals surface area contributed by atoms with Crippen molar-refractivity contribution in [2.75, 3.05) is 0 Å². The van der Waals surface area contributed by atoms with Crippen LogP contribution in [-0.4, -0.2) is 4.57 Å². The molecule has 0 aliphatic heterocycles. The van der Waals surface area contributed by atoms with E-state index in [4.69, 9.17) is 23.2 Å². The first kappa shape index (κ1) is 16.4. The first-order chi connectivity index (χ1) is 11.5. The van der Waals surface area contributed by atoms with E-state index in [0.29, 0.717) is 16.6 Å². The molecule has 1 aliphatic rings. The molecule has 5 heteroatoms. The van der Waals surface area contributed by atoms with Gasteiger partial charge < -0.3 is 4.57 Å². The van der Waals surface area contributed by atoms with Crippen molar-refractivity contribution in [3.05, 3.63) is 67.5 Å². The van der Waals surface area contributed by atoms with Gasteiger partial charge in [-0.1, -0.05) is 29.3 Å². The van der Waals surface area contributed by atoms with Gasteiger partial charge in [-0.3, -0.25) is 0 Å². The number of aryl methyl sites for hydroxylation is 1. The van der Waals surface area contributed by atoms with Crippen LogP contribution in [0.25, 0.3) is 10.9 Å². The Morgan fingerprint density at radius 2 is 1.88 bits per heavy atom. The maximum Gasteiger partial charge on any atom is 0.125 e. The zero-order valence-corrected chi connectivity index (χ0v) is 16.0. The Bertz CT molecular complexity index is 948. The standard InChI is InChI=1S/C19H15BrCl2FN/c20-16-9-13(23)8-15-14-3-1-2-4-18(14)24(19(15)16)10-11-5-6-12(21)7-17(11)22/h5-9H,1-4,10H2. The number of halogens is 4. The molecule has 2 aromatic carbocycles. The van der Waals surface area contributed by atoms with Crippen molar-refractivity contribution >= 4 is 50.0 Å². The largest absolute Gasteiger partial charge is 0.339 e. The smallest absolute Gasteiger partial charge is 0.125 e. The van der Waals surface area contributed by atoms with E-state index in [1.807, 2.05) is 12.1 Å². The van der Waals surface area contributed by atoms with Gasteiger partial charge in [0.15, 0.2) is 0 Å². The summed E-state index contributed by atoms with van der Waals surface area (Å²) < 4.78 is 17.0. The molecule has 1 aliphatic carbocycles. The molecule has 1 aromatic heterocycles. The molecular weight excluding hydrogens is 412 g/mol. The molecule has 0 radical (unpaired) electrons. The number of aromatic nitrogens is 1. The molecule has 0 spiro atoms. The van der Waals surface area contributed by atoms with Gasteiger partial charge in [0, 0.05) is 32.1 Å². The lowest BCUT2D eigenvalue weighted by atomic mass is 9.95. The minimum atomic E-state index is -0.204. The highest BCUT2D eigenvalue weighted by atomic mass is 79.9. The van der Waals surface area contributed by atoms with Crippen molar-refractivity contribution in [2.45, 2.75) is 32.2 Å². The normalized spacial score (nSPS) is 14.2. The van der Waals surface area contributed by atoms with Gasteiger partial charge in [0.2, 0.25) is 0 Å². The van der Waals surface area contributed by atoms with Gasteiger partial charge in [-0.15, -0.1) is 0 Å². The lowest BCUT2D eigenvalue weighted by Crippen LogP contribution is -2.09. The van der Waals surface area contributed by atoms with Crippen LogP contribution in [0, 0.1) is 5.82 Å². The molecule has 0 atom stereocenters. The summed E-state index contributed by atoms with van der Waals surface area (Å²) in [6.45, 7) is 0.659. The highest BCUT2D eigenvalue weighted by Crippen LogP contribution is 2.37. The van der Waals surface area contributed by atoms with Crippen molar-refractivity contribution in [3.8, 4) is 0 Å². The molecule has 0 saturated heterocycles. The Hall–Kier alpha value is -1.03. The Morgan fingerprint density at radius 3 is 2.67 bits per heavy atom. The van der Waals surface area contributed by atoms with Gasteiger partial charge >= 0.3 is 0 Å². The number of benzene rings is 2. The van der Waals surface area contributed by atoms with E-state index < -0.39 is 0 Å². The average molecular weight is 427 g/mol. The van der Waals surface area contributed by atoms with E-state index in [1.54, 1.807) is 12.1 Å². The van der Waals surface area contributed by atoms with Crippen molar-refractivity contribution in [1.29, 1.82) is 0 Å². The average Bonchev–Trinajstić information content (AvgIpc) is 2.85. The maximum absolute atomic E-state index is 13.9. The summed E-state index contributed by atoms with van der Waals surface area (Å²) in [4.78, 5) is 0. The molecule has 1 nitrogen and oxygen atoms in total. The van der Waals surface area contributed by atoms with Gasteiger partial charge in [-0.2, -0.15) is 0 Å². The summed E-state index contributed by atoms with van der Waals surface area (Å²) in [7, 11) is 0. The molecule has 0 unspecified atom stereocenters. The second-order valence-corrected chi connectivity index (χ2v) is 7.94. The van der Waals surface area contributed by atoms with Crippen molar-refractivity contribution in [3.63, 3.8) is 0 Å². The Labute approximate surface area is 158 Å². The lowest BCUT2D eigenvalue weighted by molar-refractivity contribution is 0.628. The second kappa shape index (κ2) is 6.36. The van der Waals surface area contributed by atoms with E-state index in [-0.39, 0.29) is 5.82 Å². The summed E-state index contributed by atoms with van der Waals surface area (Å²) >= 11 is 15.9. The topological polar surface area (TPSA) is 4.93 Å². The van der Waals surface area contributed by atoms with E-state index in [9.17, 15) is 4.39 Å². The van der Waals surface area contributed by atoms with Crippen LogP contribution in [0.3, 0.4) is 0 Å². The first-order valence-electron chi connectivity index (χ1n) is 7.97. The summed E-state index contributed by atoms with van der Waals surface area (Å²) in [6.07, 6.45) is 4.34. The number of rotatable bonds is 2. The van der Waals surface area contributed by atoms with Gasteiger partial charge in [0.25, 0.3) is 0 Å². The predicted octanol–water partition coefficient (Wildman–Crippen LogP) is 6.78. The molecule has 0 fully saturated rings. The lowest BCUT2D eigenvalue weighted by Gasteiger charge is -2.17. The highest BCUT2D eigenvalue weighted by Gasteiger charge is 2.22. The molecule has 0 bridgehead atoms. The third-order valence-electron chi connectivity index (χ3n) is 4.73. The zero-order valence-electron chi connectivity index (χ0n) is 12.9. The summed E-state index contributed by atoms with van der Waals surface area (Å²) in [6, 6.07) is 8.78. The molecule has 1 heterocycles. The van der Waals surface area contributed by atoms with Crippen LogP contribution >= 0.6 is 39.1 Å². The number of hydrogen-bond donors (Lipinski definition) is 0. The van der Waals surface area contributed by atoms with Gasteiger partial charge in [-0.05, 0) is 77.0 Å². The second-order valence-electron chi connectivity index (χ2n) is 6.24. The molecule has 4 rings (SSSR count). The van der Waals surface area contributed by atoms with Crippen LogP contribution < -0.4 is 0 Å². The number of nitrogens with zero attached hydrogens (tertiary/aromatic N) is 1. The monoisotopic (exact) mass is 425 g/mol. The Morgan fingerprint density at radius 1 is 1.08 bits per heavy atom. The van der Waals surface area contributed by atoms with E-state index >= 15 is 0 Å². The molecule has 124 valence electrons. The molecular formula is C19H15BrCl2FN. The predicted molar refractivity (Wildman–Crippen MR) is 102 cm³/mol. The van der Waals surface area contributed by atoms with Gasteiger partial charge in [0.05, 0.1) is 5.52 Å². The van der Waals surface area contributed by atoms with Crippen LogP contribution in [0.4, 0.5) is 4.39 Å². The SMILES string of the molecule is Fc1cc(Br)c2c(c1)c1c(n2Cc2ccc(Cl)cc2Cl)CCCC1. The minimum absolute atomic E-state index is 0.204. The molecule has 24 heavy (non-hydrogen) atoms. The summed E-state index contributed by atoms with van der Waals surface area (Å²) in [5.74, 6) is -0.204. The fourth-order valence-corrected chi connectivity index (χ4v) is 4.79. The van der Waals surface area contributed by atoms with Crippen molar-refractivity contribution in [2.24, 2.45) is 0 Å². The third-order valence-corrected chi connectivity index (χ3v) is 5.92. The summed E-state index contributed by atoms with van der Waals surface area (Å²) in [5.41, 5.74) is 4.65. The molecule has 0 saturated carbocycles. The molecule has 0 N–H and O–H groups in total. The quantitative estimate of drug-likeness (QED) is 0.425. The van der Waals surface area contributed by atoms with Crippen LogP contribution in [0.5, 0.6) is 0 Å². The Balaban J connectivity index is 1.94.